The monoisotopic (exact) mass is 279 g/mol. The molecule has 1 amide bonds. The number of carbonyl (C=O) groups excluding carboxylic acids is 2. The molecule has 0 fully saturated rings. The lowest BCUT2D eigenvalue weighted by Crippen LogP contribution is -2.37. The Balaban J connectivity index is 2.39. The van der Waals surface area contributed by atoms with E-state index in [0.717, 1.165) is 5.56 Å². The second-order valence-electron chi connectivity index (χ2n) is 4.78. The normalized spacial score (nSPS) is 11.6. The van der Waals surface area contributed by atoms with E-state index < -0.39 is 0 Å². The Morgan fingerprint density at radius 3 is 2.55 bits per heavy atom. The van der Waals surface area contributed by atoms with Crippen molar-refractivity contribution in [2.45, 2.75) is 33.2 Å². The fourth-order valence-corrected chi connectivity index (χ4v) is 1.65. The highest BCUT2D eigenvalue weighted by Gasteiger charge is 2.12. The summed E-state index contributed by atoms with van der Waals surface area (Å²) in [7, 11) is 1.32. The van der Waals surface area contributed by atoms with Gasteiger partial charge in [-0.1, -0.05) is 6.07 Å². The SMILES string of the molecule is COC(=O)CC(C)NC(=O)COc1ccc(C)c(C)c1. The number of hydrogen-bond acceptors (Lipinski definition) is 4. The molecular formula is C15H21NO4. The molecule has 1 aromatic rings. The third-order valence-electron chi connectivity index (χ3n) is 2.96. The maximum atomic E-state index is 11.7. The summed E-state index contributed by atoms with van der Waals surface area (Å²) in [6, 6.07) is 5.38. The molecule has 0 aliphatic carbocycles. The van der Waals surface area contributed by atoms with Crippen LogP contribution in [0.2, 0.25) is 0 Å². The van der Waals surface area contributed by atoms with Crippen LogP contribution in [0.25, 0.3) is 0 Å². The van der Waals surface area contributed by atoms with E-state index in [1.807, 2.05) is 32.0 Å². The van der Waals surface area contributed by atoms with Crippen LogP contribution in [0.15, 0.2) is 18.2 Å². The molecule has 0 aromatic heterocycles. The first-order chi connectivity index (χ1) is 9.42. The summed E-state index contributed by atoms with van der Waals surface area (Å²) < 4.78 is 9.94. The van der Waals surface area contributed by atoms with Crippen LogP contribution in [0.3, 0.4) is 0 Å². The van der Waals surface area contributed by atoms with E-state index >= 15 is 0 Å². The number of nitrogens with one attached hydrogen (secondary N) is 1. The van der Waals surface area contributed by atoms with Crippen molar-refractivity contribution in [3.05, 3.63) is 29.3 Å². The van der Waals surface area contributed by atoms with Gasteiger partial charge in [-0.3, -0.25) is 9.59 Å². The Hall–Kier alpha value is -2.04. The molecule has 0 aliphatic heterocycles. The standard InChI is InChI=1S/C15H21NO4/c1-10-5-6-13(7-11(10)2)20-9-14(17)16-12(3)8-15(18)19-4/h5-7,12H,8-9H2,1-4H3,(H,16,17). The lowest BCUT2D eigenvalue weighted by atomic mass is 10.1. The van der Waals surface area contributed by atoms with Crippen LogP contribution in [0.4, 0.5) is 0 Å². The molecule has 0 bridgehead atoms. The molecule has 1 unspecified atom stereocenters. The average molecular weight is 279 g/mol. The number of amides is 1. The number of methoxy groups -OCH3 is 1. The summed E-state index contributed by atoms with van der Waals surface area (Å²) in [4.78, 5) is 22.7. The van der Waals surface area contributed by atoms with E-state index in [9.17, 15) is 9.59 Å². The van der Waals surface area contributed by atoms with Gasteiger partial charge in [0.15, 0.2) is 6.61 Å². The summed E-state index contributed by atoms with van der Waals surface area (Å²) in [6.07, 6.45) is 0.145. The maximum absolute atomic E-state index is 11.7. The van der Waals surface area contributed by atoms with Gasteiger partial charge in [-0.15, -0.1) is 0 Å². The van der Waals surface area contributed by atoms with E-state index in [1.54, 1.807) is 6.92 Å². The molecule has 1 N–H and O–H groups in total. The van der Waals surface area contributed by atoms with E-state index in [4.69, 9.17) is 4.74 Å². The zero-order valence-electron chi connectivity index (χ0n) is 12.4. The first kappa shape index (κ1) is 16.0. The predicted molar refractivity (Wildman–Crippen MR) is 75.6 cm³/mol. The van der Waals surface area contributed by atoms with E-state index in [2.05, 4.69) is 10.1 Å². The first-order valence-electron chi connectivity index (χ1n) is 6.48. The Bertz CT molecular complexity index is 485. The first-order valence-corrected chi connectivity index (χ1v) is 6.48. The van der Waals surface area contributed by atoms with Gasteiger partial charge in [0.2, 0.25) is 0 Å². The van der Waals surface area contributed by atoms with E-state index in [-0.39, 0.29) is 30.9 Å². The van der Waals surface area contributed by atoms with Gasteiger partial charge in [0, 0.05) is 6.04 Å². The van der Waals surface area contributed by atoms with Crippen LogP contribution >= 0.6 is 0 Å². The van der Waals surface area contributed by atoms with Crippen molar-refractivity contribution < 1.29 is 19.1 Å². The highest BCUT2D eigenvalue weighted by molar-refractivity contribution is 5.79. The molecule has 0 aliphatic rings. The molecule has 5 nitrogen and oxygen atoms in total. The number of hydrogen-bond donors (Lipinski definition) is 1. The summed E-state index contributed by atoms with van der Waals surface area (Å²) >= 11 is 0. The quantitative estimate of drug-likeness (QED) is 0.806. The Morgan fingerprint density at radius 1 is 1.25 bits per heavy atom. The number of ether oxygens (including phenoxy) is 2. The van der Waals surface area contributed by atoms with Gasteiger partial charge < -0.3 is 14.8 Å². The fourth-order valence-electron chi connectivity index (χ4n) is 1.65. The minimum Gasteiger partial charge on any atom is -0.484 e. The van der Waals surface area contributed by atoms with Crippen LogP contribution in [-0.4, -0.2) is 31.6 Å². The van der Waals surface area contributed by atoms with Gasteiger partial charge in [0.05, 0.1) is 13.5 Å². The summed E-state index contributed by atoms with van der Waals surface area (Å²) in [5.74, 6) is 0.0383. The van der Waals surface area contributed by atoms with Gasteiger partial charge in [-0.25, -0.2) is 0 Å². The van der Waals surface area contributed by atoms with Gasteiger partial charge in [-0.05, 0) is 44.0 Å². The second-order valence-corrected chi connectivity index (χ2v) is 4.78. The molecule has 110 valence electrons. The van der Waals surface area contributed by atoms with Crippen molar-refractivity contribution in [3.63, 3.8) is 0 Å². The zero-order valence-corrected chi connectivity index (χ0v) is 12.4. The van der Waals surface area contributed by atoms with Crippen LogP contribution in [0, 0.1) is 13.8 Å². The summed E-state index contributed by atoms with van der Waals surface area (Å²) in [5, 5.41) is 2.68. The van der Waals surface area contributed by atoms with Gasteiger partial charge in [0.25, 0.3) is 5.91 Å². The zero-order chi connectivity index (χ0) is 15.1. The lowest BCUT2D eigenvalue weighted by molar-refractivity contribution is -0.141. The Kier molecular flexibility index (Phi) is 6.03. The number of esters is 1. The Morgan fingerprint density at radius 2 is 1.95 bits per heavy atom. The smallest absolute Gasteiger partial charge is 0.307 e. The van der Waals surface area contributed by atoms with Crippen molar-refractivity contribution in [1.82, 2.24) is 5.32 Å². The fraction of sp³-hybridized carbons (Fsp3) is 0.467. The van der Waals surface area contributed by atoms with E-state index in [0.29, 0.717) is 5.75 Å². The molecule has 0 radical (unpaired) electrons. The number of aryl methyl sites for hydroxylation is 2. The topological polar surface area (TPSA) is 64.6 Å². The third-order valence-corrected chi connectivity index (χ3v) is 2.96. The molecule has 0 saturated heterocycles. The van der Waals surface area contributed by atoms with Gasteiger partial charge in [0.1, 0.15) is 5.75 Å². The Labute approximate surface area is 119 Å². The van der Waals surface area contributed by atoms with Crippen molar-refractivity contribution in [3.8, 4) is 5.75 Å². The predicted octanol–water partition coefficient (Wildman–Crippen LogP) is 1.75. The average Bonchev–Trinajstić information content (AvgIpc) is 2.39. The van der Waals surface area contributed by atoms with Crippen LogP contribution in [-0.2, 0) is 14.3 Å². The molecule has 0 saturated carbocycles. The number of rotatable bonds is 6. The molecule has 1 atom stereocenters. The minimum absolute atomic E-state index is 0.0754. The lowest BCUT2D eigenvalue weighted by Gasteiger charge is -2.13. The molecule has 5 heteroatoms. The van der Waals surface area contributed by atoms with Crippen LogP contribution < -0.4 is 10.1 Å². The highest BCUT2D eigenvalue weighted by atomic mass is 16.5. The van der Waals surface area contributed by atoms with Crippen molar-refractivity contribution in [1.29, 1.82) is 0 Å². The van der Waals surface area contributed by atoms with E-state index in [1.165, 1.54) is 12.7 Å². The third kappa shape index (κ3) is 5.30. The molecule has 1 rings (SSSR count). The van der Waals surface area contributed by atoms with Gasteiger partial charge >= 0.3 is 5.97 Å². The number of carbonyl (C=O) groups is 2. The van der Waals surface area contributed by atoms with Crippen molar-refractivity contribution in [2.24, 2.45) is 0 Å². The largest absolute Gasteiger partial charge is 0.484 e. The van der Waals surface area contributed by atoms with Gasteiger partial charge in [-0.2, -0.15) is 0 Å². The number of benzene rings is 1. The van der Waals surface area contributed by atoms with Crippen LogP contribution in [0.5, 0.6) is 5.75 Å². The second kappa shape index (κ2) is 7.53. The molecule has 20 heavy (non-hydrogen) atoms. The summed E-state index contributed by atoms with van der Waals surface area (Å²) in [5.41, 5.74) is 2.29. The summed E-state index contributed by atoms with van der Waals surface area (Å²) in [6.45, 7) is 5.67. The molecule has 0 spiro atoms. The molecule has 0 heterocycles. The molecule has 1 aromatic carbocycles. The van der Waals surface area contributed by atoms with Crippen molar-refractivity contribution in [2.75, 3.05) is 13.7 Å². The molecular weight excluding hydrogens is 258 g/mol. The van der Waals surface area contributed by atoms with Crippen LogP contribution in [0.1, 0.15) is 24.5 Å². The van der Waals surface area contributed by atoms with Crippen molar-refractivity contribution >= 4 is 11.9 Å². The maximum Gasteiger partial charge on any atom is 0.307 e. The minimum atomic E-state index is -0.354. The highest BCUT2D eigenvalue weighted by Crippen LogP contribution is 2.16.